The number of fused-ring (bicyclic) bond motifs is 2. The highest BCUT2D eigenvalue weighted by atomic mass is 19.2. The van der Waals surface area contributed by atoms with Gasteiger partial charge in [-0.2, -0.15) is 5.10 Å². The largest absolute Gasteiger partial charge is 0.479 e. The van der Waals surface area contributed by atoms with Gasteiger partial charge in [0.05, 0.1) is 17.2 Å². The van der Waals surface area contributed by atoms with E-state index in [0.29, 0.717) is 50.2 Å². The topological polar surface area (TPSA) is 102 Å². The van der Waals surface area contributed by atoms with E-state index in [0.717, 1.165) is 46.6 Å². The van der Waals surface area contributed by atoms with Crippen LogP contribution in [0, 0.1) is 11.6 Å². The quantitative estimate of drug-likeness (QED) is 0.383. The molecule has 8 nitrogen and oxygen atoms in total. The summed E-state index contributed by atoms with van der Waals surface area (Å²) in [6.45, 7) is 1.22. The molecular formula is C27H28F2N4O4. The van der Waals surface area contributed by atoms with Crippen LogP contribution in [0.4, 0.5) is 8.78 Å². The van der Waals surface area contributed by atoms with Gasteiger partial charge in [0.1, 0.15) is 0 Å². The third-order valence-corrected chi connectivity index (χ3v) is 8.17. The molecular weight excluding hydrogens is 482 g/mol. The number of aromatic amines is 1. The number of hydrogen-bond acceptors (Lipinski definition) is 5. The number of methoxy groups -OCH3 is 1. The van der Waals surface area contributed by atoms with Gasteiger partial charge < -0.3 is 19.1 Å². The molecule has 0 atom stereocenters. The van der Waals surface area contributed by atoms with Crippen molar-refractivity contribution in [1.82, 2.24) is 19.7 Å². The Bertz CT molecular complexity index is 1480. The van der Waals surface area contributed by atoms with Gasteiger partial charge in [-0.3, -0.25) is 5.10 Å². The fourth-order valence-electron chi connectivity index (χ4n) is 6.17. The van der Waals surface area contributed by atoms with Gasteiger partial charge in [0, 0.05) is 54.6 Å². The lowest BCUT2D eigenvalue weighted by molar-refractivity contribution is -0.166. The van der Waals surface area contributed by atoms with Crippen molar-refractivity contribution in [2.75, 3.05) is 20.3 Å². The predicted molar refractivity (Wildman–Crippen MR) is 132 cm³/mol. The van der Waals surface area contributed by atoms with Crippen LogP contribution in [0.1, 0.15) is 61.6 Å². The van der Waals surface area contributed by atoms with Crippen LogP contribution in [0.5, 0.6) is 0 Å². The number of aromatic nitrogens is 4. The fourth-order valence-corrected chi connectivity index (χ4v) is 6.17. The van der Waals surface area contributed by atoms with Gasteiger partial charge in [-0.15, -0.1) is 0 Å². The first-order valence-corrected chi connectivity index (χ1v) is 12.6. The fraction of sp³-hybridized carbons (Fsp3) is 0.444. The van der Waals surface area contributed by atoms with Crippen LogP contribution in [-0.2, 0) is 14.3 Å². The maximum atomic E-state index is 14.5. The third kappa shape index (κ3) is 3.90. The van der Waals surface area contributed by atoms with Crippen molar-refractivity contribution in [2.24, 2.45) is 0 Å². The molecule has 194 valence electrons. The SMILES string of the molecule is CO[C@]1(C(=O)O)CC[C@H](c2c(C3CCOCC3)n(-c3ccc(F)c(F)c3)c3cc4cn[nH]c4nc32)CC1. The highest BCUT2D eigenvalue weighted by Gasteiger charge is 2.44. The molecule has 3 aromatic heterocycles. The number of carboxylic acid groups (broad SMARTS) is 1. The smallest absolute Gasteiger partial charge is 0.335 e. The summed E-state index contributed by atoms with van der Waals surface area (Å²) in [6, 6.07) is 5.94. The first-order valence-electron chi connectivity index (χ1n) is 12.6. The van der Waals surface area contributed by atoms with Gasteiger partial charge in [-0.05, 0) is 62.6 Å². The number of ether oxygens (including phenoxy) is 2. The second kappa shape index (κ2) is 9.18. The molecule has 1 aliphatic heterocycles. The molecule has 4 aromatic rings. The number of halogens is 2. The first-order chi connectivity index (χ1) is 17.9. The summed E-state index contributed by atoms with van der Waals surface area (Å²) in [5.41, 5.74) is 3.58. The zero-order valence-corrected chi connectivity index (χ0v) is 20.5. The average molecular weight is 511 g/mol. The van der Waals surface area contributed by atoms with Crippen molar-refractivity contribution in [1.29, 1.82) is 0 Å². The van der Waals surface area contributed by atoms with Crippen molar-refractivity contribution < 1.29 is 28.2 Å². The van der Waals surface area contributed by atoms with E-state index in [1.165, 1.54) is 13.2 Å². The van der Waals surface area contributed by atoms with Crippen LogP contribution in [0.2, 0.25) is 0 Å². The lowest BCUT2D eigenvalue weighted by Crippen LogP contribution is -2.43. The van der Waals surface area contributed by atoms with Crippen LogP contribution >= 0.6 is 0 Å². The number of rotatable bonds is 5. The van der Waals surface area contributed by atoms with E-state index >= 15 is 0 Å². The summed E-state index contributed by atoms with van der Waals surface area (Å²) in [5.74, 6) is -2.61. The minimum Gasteiger partial charge on any atom is -0.479 e. The average Bonchev–Trinajstić information content (AvgIpc) is 3.51. The molecule has 6 rings (SSSR count). The molecule has 0 bridgehead atoms. The Morgan fingerprint density at radius 2 is 1.89 bits per heavy atom. The van der Waals surface area contributed by atoms with E-state index in [4.69, 9.17) is 14.5 Å². The standard InChI is InChI=1S/C27H28F2N4O4/c1-36-27(26(34)35)8-4-15(5-9-27)22-23-21(12-17-14-30-32-25(17)31-23)33(18-2-3-19(28)20(29)13-18)24(22)16-6-10-37-11-7-16/h2-3,12-16H,4-11H2,1H3,(H,34,35)(H,30,31,32)/t15-,27+. The monoisotopic (exact) mass is 510 g/mol. The molecule has 0 unspecified atom stereocenters. The summed E-state index contributed by atoms with van der Waals surface area (Å²) in [4.78, 5) is 17.0. The summed E-state index contributed by atoms with van der Waals surface area (Å²) in [5, 5.41) is 17.7. The second-order valence-electron chi connectivity index (χ2n) is 10.1. The van der Waals surface area contributed by atoms with E-state index in [1.807, 2.05) is 10.6 Å². The minimum atomic E-state index is -1.20. The Hall–Kier alpha value is -3.37. The molecule has 10 heteroatoms. The van der Waals surface area contributed by atoms with Crippen LogP contribution < -0.4 is 0 Å². The minimum absolute atomic E-state index is 0.0300. The predicted octanol–water partition coefficient (Wildman–Crippen LogP) is 5.20. The molecule has 4 heterocycles. The number of carbonyl (C=O) groups is 1. The molecule has 2 N–H and O–H groups in total. The summed E-state index contributed by atoms with van der Waals surface area (Å²) < 4.78 is 41.6. The van der Waals surface area contributed by atoms with Crippen molar-refractivity contribution in [3.63, 3.8) is 0 Å². The van der Waals surface area contributed by atoms with E-state index in [2.05, 4.69) is 10.2 Å². The lowest BCUT2D eigenvalue weighted by atomic mass is 9.74. The second-order valence-corrected chi connectivity index (χ2v) is 10.1. The number of aliphatic carboxylic acids is 1. The van der Waals surface area contributed by atoms with Crippen molar-refractivity contribution in [2.45, 2.75) is 56.0 Å². The molecule has 0 amide bonds. The maximum absolute atomic E-state index is 14.5. The molecule has 1 aliphatic carbocycles. The number of nitrogens with zero attached hydrogens (tertiary/aromatic N) is 3. The number of H-pyrrole nitrogens is 1. The first kappa shape index (κ1) is 24.0. The Morgan fingerprint density at radius 3 is 2.57 bits per heavy atom. The maximum Gasteiger partial charge on any atom is 0.335 e. The van der Waals surface area contributed by atoms with Crippen molar-refractivity contribution in [3.05, 3.63) is 53.4 Å². The molecule has 0 spiro atoms. The zero-order valence-electron chi connectivity index (χ0n) is 20.5. The van der Waals surface area contributed by atoms with E-state index in [1.54, 1.807) is 12.3 Å². The van der Waals surface area contributed by atoms with Gasteiger partial charge in [0.2, 0.25) is 0 Å². The highest BCUT2D eigenvalue weighted by molar-refractivity contribution is 5.93. The molecule has 0 radical (unpaired) electrons. The molecule has 37 heavy (non-hydrogen) atoms. The van der Waals surface area contributed by atoms with Crippen molar-refractivity contribution in [3.8, 4) is 5.69 Å². The lowest BCUT2D eigenvalue weighted by Gasteiger charge is -2.36. The number of carboxylic acids is 1. The summed E-state index contributed by atoms with van der Waals surface area (Å²) in [6.07, 6.45) is 5.23. The van der Waals surface area contributed by atoms with E-state index < -0.39 is 23.2 Å². The van der Waals surface area contributed by atoms with Crippen LogP contribution in [0.15, 0.2) is 30.5 Å². The van der Waals surface area contributed by atoms with Crippen molar-refractivity contribution >= 4 is 28.0 Å². The van der Waals surface area contributed by atoms with Gasteiger partial charge in [-0.1, -0.05) is 0 Å². The van der Waals surface area contributed by atoms with Gasteiger partial charge >= 0.3 is 5.97 Å². The van der Waals surface area contributed by atoms with E-state index in [-0.39, 0.29) is 11.8 Å². The van der Waals surface area contributed by atoms with E-state index in [9.17, 15) is 18.7 Å². The van der Waals surface area contributed by atoms with Gasteiger partial charge in [0.25, 0.3) is 0 Å². The number of nitrogens with one attached hydrogen (secondary N) is 1. The number of pyridine rings is 1. The van der Waals surface area contributed by atoms with Gasteiger partial charge in [-0.25, -0.2) is 18.6 Å². The third-order valence-electron chi connectivity index (χ3n) is 8.17. The molecule has 2 aliphatic rings. The highest BCUT2D eigenvalue weighted by Crippen LogP contribution is 2.48. The Kier molecular flexibility index (Phi) is 5.95. The molecule has 1 saturated heterocycles. The molecule has 1 saturated carbocycles. The molecule has 2 fully saturated rings. The van der Waals surface area contributed by atoms with Crippen LogP contribution in [0.25, 0.3) is 27.8 Å². The van der Waals surface area contributed by atoms with Crippen LogP contribution in [0.3, 0.4) is 0 Å². The summed E-state index contributed by atoms with van der Waals surface area (Å²) in [7, 11) is 1.45. The van der Waals surface area contributed by atoms with Crippen LogP contribution in [-0.4, -0.2) is 56.7 Å². The number of benzene rings is 1. The number of hydrogen-bond donors (Lipinski definition) is 2. The zero-order chi connectivity index (χ0) is 25.7. The van der Waals surface area contributed by atoms with Gasteiger partial charge in [0.15, 0.2) is 22.9 Å². The normalized spacial score (nSPS) is 23.2. The Balaban J connectivity index is 1.60. The summed E-state index contributed by atoms with van der Waals surface area (Å²) >= 11 is 0. The molecule has 1 aromatic carbocycles. The Labute approximate surface area is 211 Å². The Morgan fingerprint density at radius 1 is 1.14 bits per heavy atom.